The monoisotopic (exact) mass is 293 g/mol. The summed E-state index contributed by atoms with van der Waals surface area (Å²) in [4.78, 5) is 2.99. The number of hydrogen-bond acceptors (Lipinski definition) is 4. The molecule has 1 aromatic heterocycles. The van der Waals surface area contributed by atoms with Crippen molar-refractivity contribution in [1.82, 2.24) is 4.98 Å². The van der Waals surface area contributed by atoms with E-state index in [0.717, 1.165) is 6.92 Å². The highest BCUT2D eigenvalue weighted by atomic mass is 35.7. The predicted molar refractivity (Wildman–Crippen MR) is 48.7 cm³/mol. The first kappa shape index (κ1) is 14.0. The van der Waals surface area contributed by atoms with Gasteiger partial charge < -0.3 is 4.74 Å². The van der Waals surface area contributed by atoms with E-state index < -0.39 is 37.7 Å². The van der Waals surface area contributed by atoms with Gasteiger partial charge in [-0.1, -0.05) is 0 Å². The normalized spacial score (nSPS) is 12.6. The Morgan fingerprint density at radius 3 is 2.35 bits per heavy atom. The highest BCUT2D eigenvalue weighted by molar-refractivity contribution is 8.13. The fourth-order valence-corrected chi connectivity index (χ4v) is 2.06. The van der Waals surface area contributed by atoms with Gasteiger partial charge in [-0.05, 0) is 6.92 Å². The van der Waals surface area contributed by atoms with Crippen LogP contribution in [-0.4, -0.2) is 19.8 Å². The van der Waals surface area contributed by atoms with Gasteiger partial charge in [0.05, 0.1) is 0 Å². The topological polar surface area (TPSA) is 56.3 Å². The van der Waals surface area contributed by atoms with E-state index in [1.165, 1.54) is 0 Å². The fraction of sp³-hybridized carbons (Fsp3) is 0.286. The van der Waals surface area contributed by atoms with Crippen molar-refractivity contribution in [1.29, 1.82) is 0 Å². The molecule has 0 spiro atoms. The van der Waals surface area contributed by atoms with Crippen molar-refractivity contribution in [2.75, 3.05) is 0 Å². The molecular formula is C7H4ClF4NO3S. The van der Waals surface area contributed by atoms with Gasteiger partial charge >= 0.3 is 6.36 Å². The molecule has 96 valence electrons. The van der Waals surface area contributed by atoms with E-state index in [1.807, 2.05) is 0 Å². The Bertz CT molecular complexity index is 543. The van der Waals surface area contributed by atoms with Crippen LogP contribution >= 0.6 is 10.7 Å². The van der Waals surface area contributed by atoms with Crippen LogP contribution in [-0.2, 0) is 9.05 Å². The molecule has 1 rings (SSSR count). The highest BCUT2D eigenvalue weighted by Crippen LogP contribution is 2.27. The molecule has 0 amide bonds. The summed E-state index contributed by atoms with van der Waals surface area (Å²) in [6.07, 6.45) is -5.11. The summed E-state index contributed by atoms with van der Waals surface area (Å²) in [7, 11) is 0.425. The van der Waals surface area contributed by atoms with Gasteiger partial charge in [0.25, 0.3) is 9.05 Å². The van der Waals surface area contributed by atoms with Gasteiger partial charge in [0.2, 0.25) is 5.88 Å². The Kier molecular flexibility index (Phi) is 3.53. The molecule has 0 bridgehead atoms. The molecule has 0 atom stereocenters. The van der Waals surface area contributed by atoms with Gasteiger partial charge in [0.15, 0.2) is 5.03 Å². The average Bonchev–Trinajstić information content (AvgIpc) is 2.06. The molecule has 10 heteroatoms. The second-order valence-corrected chi connectivity index (χ2v) is 5.34. The summed E-state index contributed by atoms with van der Waals surface area (Å²) in [5.41, 5.74) is -0.491. The molecule has 1 aromatic rings. The lowest BCUT2D eigenvalue weighted by atomic mass is 10.3. The molecule has 0 unspecified atom stereocenters. The van der Waals surface area contributed by atoms with Crippen LogP contribution in [0.1, 0.15) is 5.56 Å². The summed E-state index contributed by atoms with van der Waals surface area (Å²) >= 11 is 0. The van der Waals surface area contributed by atoms with Gasteiger partial charge in [-0.3, -0.25) is 0 Å². The van der Waals surface area contributed by atoms with Gasteiger partial charge in [-0.2, -0.15) is 4.98 Å². The van der Waals surface area contributed by atoms with Crippen LogP contribution in [0.4, 0.5) is 17.6 Å². The summed E-state index contributed by atoms with van der Waals surface area (Å²) in [5, 5.41) is -1.02. The Labute approximate surface area is 97.6 Å². The molecule has 1 heterocycles. The van der Waals surface area contributed by atoms with Gasteiger partial charge in [0.1, 0.15) is 5.82 Å². The number of ether oxygens (including phenoxy) is 1. The van der Waals surface area contributed by atoms with E-state index in [2.05, 4.69) is 9.72 Å². The molecule has 0 fully saturated rings. The number of pyridine rings is 1. The molecule has 0 saturated heterocycles. The third-order valence-corrected chi connectivity index (χ3v) is 2.89. The number of rotatable bonds is 2. The van der Waals surface area contributed by atoms with Crippen LogP contribution in [0.5, 0.6) is 5.88 Å². The van der Waals surface area contributed by atoms with Crippen molar-refractivity contribution in [2.24, 2.45) is 0 Å². The van der Waals surface area contributed by atoms with Crippen LogP contribution in [0.3, 0.4) is 0 Å². The molecule has 0 aliphatic carbocycles. The molecule has 0 N–H and O–H groups in total. The number of alkyl halides is 3. The summed E-state index contributed by atoms with van der Waals surface area (Å²) in [5.74, 6) is -2.46. The largest absolute Gasteiger partial charge is 0.574 e. The van der Waals surface area contributed by atoms with Crippen molar-refractivity contribution in [3.63, 3.8) is 0 Å². The van der Waals surface area contributed by atoms with Crippen molar-refractivity contribution in [3.8, 4) is 5.88 Å². The van der Waals surface area contributed by atoms with E-state index >= 15 is 0 Å². The molecule has 0 aromatic carbocycles. The number of hydrogen-bond donors (Lipinski definition) is 0. The maximum Gasteiger partial charge on any atom is 0.574 e. The lowest BCUT2D eigenvalue weighted by Crippen LogP contribution is -2.19. The van der Waals surface area contributed by atoms with Crippen LogP contribution < -0.4 is 4.74 Å². The highest BCUT2D eigenvalue weighted by Gasteiger charge is 2.33. The predicted octanol–water partition coefficient (Wildman–Crippen LogP) is 2.36. The van der Waals surface area contributed by atoms with Crippen LogP contribution in [0.2, 0.25) is 0 Å². The molecule has 17 heavy (non-hydrogen) atoms. The third-order valence-electron chi connectivity index (χ3n) is 1.59. The molecule has 0 aliphatic rings. The van der Waals surface area contributed by atoms with E-state index in [9.17, 15) is 26.0 Å². The zero-order chi connectivity index (χ0) is 13.4. The second-order valence-electron chi connectivity index (χ2n) is 2.86. The number of nitrogens with zero attached hydrogens (tertiary/aromatic N) is 1. The zero-order valence-corrected chi connectivity index (χ0v) is 9.62. The molecule has 0 aliphatic heterocycles. The molecule has 4 nitrogen and oxygen atoms in total. The SMILES string of the molecule is Cc1c(F)cc(OC(F)(F)F)nc1S(=O)(=O)Cl. The maximum atomic E-state index is 13.1. The van der Waals surface area contributed by atoms with Crippen LogP contribution in [0.25, 0.3) is 0 Å². The maximum absolute atomic E-state index is 13.1. The van der Waals surface area contributed by atoms with E-state index in [4.69, 9.17) is 10.7 Å². The Morgan fingerprint density at radius 1 is 1.41 bits per heavy atom. The van der Waals surface area contributed by atoms with E-state index in [1.54, 1.807) is 0 Å². The van der Waals surface area contributed by atoms with Gasteiger partial charge in [0, 0.05) is 22.3 Å². The quantitative estimate of drug-likeness (QED) is 0.620. The van der Waals surface area contributed by atoms with Crippen LogP contribution in [0, 0.1) is 12.7 Å². The van der Waals surface area contributed by atoms with Crippen molar-refractivity contribution >= 4 is 19.7 Å². The zero-order valence-electron chi connectivity index (χ0n) is 8.05. The van der Waals surface area contributed by atoms with Gasteiger partial charge in [-0.25, -0.2) is 12.8 Å². The number of halogens is 5. The molecule has 0 saturated carbocycles. The minimum atomic E-state index is -5.11. The Hall–Kier alpha value is -1.09. The second kappa shape index (κ2) is 4.30. The Morgan fingerprint density at radius 2 is 1.94 bits per heavy atom. The van der Waals surface area contributed by atoms with E-state index in [0.29, 0.717) is 6.07 Å². The van der Waals surface area contributed by atoms with Crippen molar-refractivity contribution < 1.29 is 30.7 Å². The van der Waals surface area contributed by atoms with Crippen molar-refractivity contribution in [2.45, 2.75) is 18.3 Å². The lowest BCUT2D eigenvalue weighted by Gasteiger charge is -2.10. The summed E-state index contributed by atoms with van der Waals surface area (Å²) < 4.78 is 73.8. The van der Waals surface area contributed by atoms with Crippen molar-refractivity contribution in [3.05, 3.63) is 17.4 Å². The van der Waals surface area contributed by atoms with E-state index in [-0.39, 0.29) is 0 Å². The lowest BCUT2D eigenvalue weighted by molar-refractivity contribution is -0.276. The van der Waals surface area contributed by atoms with Gasteiger partial charge in [-0.15, -0.1) is 13.2 Å². The summed E-state index contributed by atoms with van der Waals surface area (Å²) in [6, 6.07) is 0.314. The Balaban J connectivity index is 3.35. The smallest absolute Gasteiger partial charge is 0.388 e. The summed E-state index contributed by atoms with van der Waals surface area (Å²) in [6.45, 7) is 1.01. The first-order valence-electron chi connectivity index (χ1n) is 3.88. The first-order valence-corrected chi connectivity index (χ1v) is 6.19. The number of aromatic nitrogens is 1. The first-order chi connectivity index (χ1) is 7.50. The average molecular weight is 294 g/mol. The van der Waals surface area contributed by atoms with Crippen LogP contribution in [0.15, 0.2) is 11.1 Å². The standard InChI is InChI=1S/C7H4ClF4NO3S/c1-3-4(9)2-5(16-7(10,11)12)13-6(3)17(8,14)15/h2H,1H3. The molecule has 0 radical (unpaired) electrons. The minimum absolute atomic E-state index is 0.314. The minimum Gasteiger partial charge on any atom is -0.388 e. The third kappa shape index (κ3) is 3.70. The molecular weight excluding hydrogens is 290 g/mol. The fourth-order valence-electron chi connectivity index (χ4n) is 0.943.